The third-order valence-corrected chi connectivity index (χ3v) is 23.2. The number of carbonyl (C=O) groups excluding carboxylic acids is 4. The second-order valence-electron chi connectivity index (χ2n) is 32.1. The zero-order chi connectivity index (χ0) is 88.4. The van der Waals surface area contributed by atoms with Gasteiger partial charge in [-0.1, -0.05) is 25.1 Å². The van der Waals surface area contributed by atoms with Crippen LogP contribution in [0.25, 0.3) is 32.7 Å². The Morgan fingerprint density at radius 3 is 1.11 bits per heavy atom. The molecule has 6 N–H and O–H groups in total. The van der Waals surface area contributed by atoms with Gasteiger partial charge in [0.2, 0.25) is 17.6 Å². The number of anilines is 6. The third-order valence-electron chi connectivity index (χ3n) is 23.2. The van der Waals surface area contributed by atoms with E-state index in [1.54, 1.807) is 54.8 Å². The number of ether oxygens (including phenoxy) is 3. The number of aryl methyl sites for hydroxylation is 3. The van der Waals surface area contributed by atoms with Crippen LogP contribution in [0.3, 0.4) is 0 Å². The molecule has 6 aliphatic rings. The molecule has 126 heavy (non-hydrogen) atoms. The third kappa shape index (κ3) is 19.0. The number of likely N-dealkylation sites (N-methyl/N-ethyl adjacent to an activating group) is 3. The van der Waals surface area contributed by atoms with Crippen molar-refractivity contribution in [2.45, 2.75) is 66.2 Å². The fourth-order valence-corrected chi connectivity index (χ4v) is 15.6. The van der Waals surface area contributed by atoms with Crippen LogP contribution in [-0.4, -0.2) is 251 Å². The van der Waals surface area contributed by atoms with Gasteiger partial charge in [0.1, 0.15) is 35.7 Å². The first-order chi connectivity index (χ1) is 60.6. The lowest BCUT2D eigenvalue weighted by molar-refractivity contribution is -0.138. The van der Waals surface area contributed by atoms with Crippen LogP contribution in [0.15, 0.2) is 122 Å². The Labute approximate surface area is 718 Å². The van der Waals surface area contributed by atoms with Crippen LogP contribution in [0.4, 0.5) is 74.0 Å². The average molecular weight is 1740 g/mol. The Morgan fingerprint density at radius 1 is 0.397 bits per heavy atom. The molecule has 37 heteroatoms. The van der Waals surface area contributed by atoms with Gasteiger partial charge in [-0.05, 0) is 139 Å². The molecule has 0 unspecified atom stereocenters. The van der Waals surface area contributed by atoms with E-state index >= 15 is 13.2 Å². The number of nitrogens with zero attached hydrogens (tertiary/aromatic N) is 15. The molecule has 0 saturated carbocycles. The lowest BCUT2D eigenvalue weighted by atomic mass is 10.0. The molecule has 0 aliphatic carbocycles. The van der Waals surface area contributed by atoms with Crippen LogP contribution in [0.2, 0.25) is 0 Å². The summed E-state index contributed by atoms with van der Waals surface area (Å²) < 4.78 is 150. The molecule has 12 heterocycles. The second kappa shape index (κ2) is 37.1. The molecule has 0 atom stereocenters. The van der Waals surface area contributed by atoms with E-state index in [1.165, 1.54) is 53.4 Å². The largest absolute Gasteiger partial charge is 0.435 e. The maximum Gasteiger partial charge on any atom is 0.416 e. The molecule has 0 bridgehead atoms. The van der Waals surface area contributed by atoms with E-state index in [-0.39, 0.29) is 120 Å². The molecule has 18 rings (SSSR count). The molecule has 6 aromatic heterocycles. The Balaban J connectivity index is 0.000000139. The summed E-state index contributed by atoms with van der Waals surface area (Å²) in [5, 5.41) is 9.20. The molecule has 28 nitrogen and oxygen atoms in total. The summed E-state index contributed by atoms with van der Waals surface area (Å²) in [5.41, 5.74) is 4.03. The van der Waals surface area contributed by atoms with Gasteiger partial charge >= 0.3 is 6.18 Å². The summed E-state index contributed by atoms with van der Waals surface area (Å²) in [6.07, 6.45) is 1.31. The number of rotatable bonds is 21. The van der Waals surface area contributed by atoms with Crippen molar-refractivity contribution in [1.29, 1.82) is 0 Å². The molecular formula is C89H92F9N21O7. The fourth-order valence-electron chi connectivity index (χ4n) is 15.6. The molecule has 0 spiro atoms. The number of aromatic amines is 3. The molecular weight excluding hydrogens is 1650 g/mol. The molecule has 6 fully saturated rings. The van der Waals surface area contributed by atoms with Crippen molar-refractivity contribution in [2.75, 3.05) is 154 Å². The number of alkyl halides is 3. The van der Waals surface area contributed by atoms with Gasteiger partial charge in [0.05, 0.1) is 22.1 Å². The van der Waals surface area contributed by atoms with E-state index in [2.05, 4.69) is 99.5 Å². The highest BCUT2D eigenvalue weighted by Gasteiger charge is 2.38. The lowest BCUT2D eigenvalue weighted by Gasteiger charge is -2.34. The number of hydrogen-bond donors (Lipinski definition) is 6. The van der Waals surface area contributed by atoms with Crippen molar-refractivity contribution in [3.05, 3.63) is 213 Å². The number of halogens is 9. The number of hydrogen-bond acceptors (Lipinski definition) is 21. The van der Waals surface area contributed by atoms with Crippen molar-refractivity contribution in [2.24, 2.45) is 0 Å². The molecule has 6 aromatic carbocycles. The van der Waals surface area contributed by atoms with Crippen molar-refractivity contribution in [3.63, 3.8) is 0 Å². The molecule has 6 aliphatic heterocycles. The van der Waals surface area contributed by atoms with Gasteiger partial charge < -0.3 is 79.4 Å². The first kappa shape index (κ1) is 86.5. The number of aromatic nitrogens is 9. The molecule has 6 saturated heterocycles. The Morgan fingerprint density at radius 2 is 0.738 bits per heavy atom. The van der Waals surface area contributed by atoms with Crippen molar-refractivity contribution in [1.82, 2.24) is 89.0 Å². The predicted octanol–water partition coefficient (Wildman–Crippen LogP) is 15.1. The number of amides is 4. The van der Waals surface area contributed by atoms with Crippen molar-refractivity contribution < 1.29 is 72.9 Å². The number of piperazine rings is 3. The van der Waals surface area contributed by atoms with Crippen LogP contribution in [0.1, 0.15) is 101 Å². The molecule has 4 amide bonds. The van der Waals surface area contributed by atoms with E-state index in [0.29, 0.717) is 93.8 Å². The van der Waals surface area contributed by atoms with E-state index in [4.69, 9.17) is 14.2 Å². The van der Waals surface area contributed by atoms with Gasteiger partial charge in [0.25, 0.3) is 23.6 Å². The summed E-state index contributed by atoms with van der Waals surface area (Å²) >= 11 is 0. The minimum absolute atomic E-state index is 0.00468. The summed E-state index contributed by atoms with van der Waals surface area (Å²) in [5.74, 6) is -7.60. The standard InChI is InChI=1S/C30H30F5N7O2.C30H33F2N7O2.C29H29F2N7O3/c1-17-12-20-25(32)23(14-22(31)26(20)38-17)44-28-24(29(43)42-6-3-7-42)27(36-16-37-28)39-19-5-4-18(21(13-19)30(33,34)35)15-41-10-8-40(2)9-11-41;1-3-37-11-13-38(14-12-37)17-20-5-7-21(8-6-20)36-28-25(30(40)39-9-4-10-39)29(34-18-33-28)41-24-16-23(31)27-22(26(24)32)15-19(2)35-27;1-17-14-20-24(31)22(15-21(30)25(20)34-17)41-27-23(29(40)37-8-3-9-37)26(32-16-33-27)35-19-6-4-18(5-7-19)28(39)38-12-10-36(2)11-13-38/h4-5,12-14,16,38H,3,6-11,15H2,1-2H3,(H,36,37,39);5-8,15-16,18,35H,3-4,9-14,17H2,1-2H3,(H,33,34,36);4-7,14-16,34H,3,8-13H2,1-2H3,(H,32,33,35). The van der Waals surface area contributed by atoms with E-state index in [1.807, 2.05) is 36.0 Å². The number of nitrogens with one attached hydrogen (secondary N) is 6. The smallest absolute Gasteiger partial charge is 0.416 e. The first-order valence-electron chi connectivity index (χ1n) is 41.6. The second-order valence-corrected chi connectivity index (χ2v) is 32.1. The normalized spacial score (nSPS) is 16.0. The van der Waals surface area contributed by atoms with Gasteiger partial charge in [-0.2, -0.15) is 13.2 Å². The van der Waals surface area contributed by atoms with Crippen LogP contribution in [0.5, 0.6) is 34.9 Å². The zero-order valence-corrected chi connectivity index (χ0v) is 70.0. The highest BCUT2D eigenvalue weighted by molar-refractivity contribution is 6.04. The minimum Gasteiger partial charge on any atom is -0.435 e. The number of carbonyl (C=O) groups is 4. The summed E-state index contributed by atoms with van der Waals surface area (Å²) in [7, 11) is 4.00. The first-order valence-corrected chi connectivity index (χ1v) is 41.6. The number of likely N-dealkylation sites (tertiary alicyclic amines) is 3. The average Bonchev–Trinajstić information content (AvgIpc) is 1.48. The van der Waals surface area contributed by atoms with Gasteiger partial charge in [0.15, 0.2) is 69.6 Å². The van der Waals surface area contributed by atoms with Crippen molar-refractivity contribution >= 4 is 90.9 Å². The number of H-pyrrole nitrogens is 3. The van der Waals surface area contributed by atoms with Crippen LogP contribution in [-0.2, 0) is 19.3 Å². The van der Waals surface area contributed by atoms with Crippen molar-refractivity contribution in [3.8, 4) is 34.9 Å². The Kier molecular flexibility index (Phi) is 25.5. The van der Waals surface area contributed by atoms with E-state index in [9.17, 15) is 45.5 Å². The van der Waals surface area contributed by atoms with Gasteiger partial charge in [-0.15, -0.1) is 0 Å². The predicted molar refractivity (Wildman–Crippen MR) is 454 cm³/mol. The van der Waals surface area contributed by atoms with Crippen LogP contribution >= 0.6 is 0 Å². The topological polar surface area (TPSA) is 286 Å². The van der Waals surface area contributed by atoms with Gasteiger partial charge in [0, 0.05) is 205 Å². The van der Waals surface area contributed by atoms with Crippen LogP contribution < -0.4 is 30.2 Å². The lowest BCUT2D eigenvalue weighted by Crippen LogP contribution is -2.47. The van der Waals surface area contributed by atoms with E-state index in [0.717, 1.165) is 121 Å². The monoisotopic (exact) mass is 1740 g/mol. The number of benzene rings is 6. The quantitative estimate of drug-likeness (QED) is 0.0365. The summed E-state index contributed by atoms with van der Waals surface area (Å²) in [6, 6.07) is 25.9. The zero-order valence-electron chi connectivity index (χ0n) is 70.0. The molecule has 0 radical (unpaired) electrons. The minimum atomic E-state index is -4.63. The SMILES string of the molecule is CCN1CCN(Cc2ccc(Nc3ncnc(Oc4cc(F)c5[nH]c(C)cc5c4F)c3C(=O)N3CCC3)cc2)CC1.Cc1cc2c(F)c(Oc3ncnc(Nc4ccc(C(=O)N5CCN(C)CC5)cc4)c3C(=O)N3CCC3)cc(F)c2[nH]1.Cc1cc2c(F)c(Oc3ncnc(Nc4ccc(CN5CCN(C)CC5)c(C(F)(F)F)c4)c3C(=O)N3CCC3)cc(F)c2[nH]1. The Hall–Kier alpha value is -13.0. The maximum absolute atomic E-state index is 15.4. The van der Waals surface area contributed by atoms with E-state index < -0.39 is 70.0 Å². The van der Waals surface area contributed by atoms with Gasteiger partial charge in [-0.25, -0.2) is 56.2 Å². The molecule has 658 valence electrons. The fraction of sp³-hybridized carbons (Fsp3) is 0.348. The van der Waals surface area contributed by atoms with Crippen LogP contribution in [0, 0.1) is 55.7 Å². The molecule has 12 aromatic rings. The maximum atomic E-state index is 15.4. The summed E-state index contributed by atoms with van der Waals surface area (Å²) in [4.78, 5) is 104. The summed E-state index contributed by atoms with van der Waals surface area (Å²) in [6.45, 7) is 22.6. The highest BCUT2D eigenvalue weighted by Crippen LogP contribution is 2.42. The van der Waals surface area contributed by atoms with Gasteiger partial charge in [-0.3, -0.25) is 29.0 Å². The highest BCUT2D eigenvalue weighted by atomic mass is 19.4. The number of fused-ring (bicyclic) bond motifs is 3. The Bertz CT molecular complexity index is 6060.